The predicted molar refractivity (Wildman–Crippen MR) is 154 cm³/mol. The Morgan fingerprint density at radius 3 is 2.40 bits per heavy atom. The Bertz CT molecular complexity index is 1430. The molecule has 2 aliphatic heterocycles. The Morgan fingerprint density at radius 1 is 1.02 bits per heavy atom. The topological polar surface area (TPSA) is 72.2 Å². The van der Waals surface area contributed by atoms with E-state index in [0.29, 0.717) is 43.3 Å². The van der Waals surface area contributed by atoms with Crippen LogP contribution in [-0.4, -0.2) is 60.5 Å². The summed E-state index contributed by atoms with van der Waals surface area (Å²) in [7, 11) is 4.30. The molecule has 1 aromatic heterocycles. The minimum atomic E-state index is -0.795. The summed E-state index contributed by atoms with van der Waals surface area (Å²) in [6.45, 7) is 8.83. The maximum atomic E-state index is 14.1. The van der Waals surface area contributed by atoms with Crippen molar-refractivity contribution in [1.29, 1.82) is 0 Å². The zero-order chi connectivity index (χ0) is 28.3. The maximum absolute atomic E-state index is 14.1. The predicted octanol–water partition coefficient (Wildman–Crippen LogP) is 6.10. The van der Waals surface area contributed by atoms with E-state index in [4.69, 9.17) is 13.9 Å². The number of ether oxygens (including phenoxy) is 2. The average molecular weight is 545 g/mol. The Kier molecular flexibility index (Phi) is 6.68. The van der Waals surface area contributed by atoms with Gasteiger partial charge >= 0.3 is 0 Å². The number of nitrogens with zero attached hydrogens (tertiary/aromatic N) is 2. The minimum absolute atomic E-state index is 0.0608. The first-order valence-corrected chi connectivity index (χ1v) is 14.5. The van der Waals surface area contributed by atoms with Gasteiger partial charge in [-0.05, 0) is 84.2 Å². The van der Waals surface area contributed by atoms with E-state index in [-0.39, 0.29) is 17.6 Å². The number of hydrogen-bond donors (Lipinski definition) is 0. The molecule has 0 N–H and O–H groups in total. The van der Waals surface area contributed by atoms with E-state index in [0.717, 1.165) is 70.4 Å². The summed E-state index contributed by atoms with van der Waals surface area (Å²) in [6.07, 6.45) is 10.8. The molecule has 212 valence electrons. The summed E-state index contributed by atoms with van der Waals surface area (Å²) < 4.78 is 19.0. The molecular weight excluding hydrogens is 504 g/mol. The first kappa shape index (κ1) is 26.9. The molecule has 7 heteroatoms. The molecule has 2 aliphatic carbocycles. The molecule has 1 saturated carbocycles. The van der Waals surface area contributed by atoms with E-state index < -0.39 is 5.79 Å². The average Bonchev–Trinajstić information content (AvgIpc) is 3.56. The van der Waals surface area contributed by atoms with E-state index in [1.807, 2.05) is 31.7 Å². The van der Waals surface area contributed by atoms with Crippen molar-refractivity contribution >= 4 is 11.7 Å². The lowest BCUT2D eigenvalue weighted by Crippen LogP contribution is -2.46. The molecule has 6 rings (SSSR count). The van der Waals surface area contributed by atoms with Crippen LogP contribution in [0, 0.1) is 12.8 Å². The van der Waals surface area contributed by atoms with E-state index >= 15 is 0 Å². The van der Waals surface area contributed by atoms with Gasteiger partial charge in [-0.1, -0.05) is 11.6 Å². The number of allylic oxidation sites excluding steroid dienone is 3. The number of hydrogen-bond acceptors (Lipinski definition) is 6. The van der Waals surface area contributed by atoms with Crippen molar-refractivity contribution in [3.05, 3.63) is 58.1 Å². The summed E-state index contributed by atoms with van der Waals surface area (Å²) in [5.74, 6) is 0.881. The quantitative estimate of drug-likeness (QED) is 0.453. The first-order valence-electron chi connectivity index (χ1n) is 14.5. The fourth-order valence-electron chi connectivity index (χ4n) is 7.22. The van der Waals surface area contributed by atoms with Crippen LogP contribution in [0.1, 0.15) is 74.4 Å². The van der Waals surface area contributed by atoms with Gasteiger partial charge in [-0.25, -0.2) is 0 Å². The minimum Gasteiger partial charge on any atom is -0.472 e. The van der Waals surface area contributed by atoms with Gasteiger partial charge in [0.2, 0.25) is 0 Å². The smallest absolute Gasteiger partial charge is 0.254 e. The van der Waals surface area contributed by atoms with Crippen molar-refractivity contribution in [2.45, 2.75) is 78.0 Å². The monoisotopic (exact) mass is 544 g/mol. The Balaban J connectivity index is 1.37. The summed E-state index contributed by atoms with van der Waals surface area (Å²) in [4.78, 5) is 31.1. The summed E-state index contributed by atoms with van der Waals surface area (Å²) >= 11 is 0. The van der Waals surface area contributed by atoms with E-state index in [2.05, 4.69) is 32.0 Å². The van der Waals surface area contributed by atoms with Crippen molar-refractivity contribution < 1.29 is 23.5 Å². The SMILES string of the molecule is CC1=CC(C)=C(CN2CCc3c(c(C)c4c(c3-c3ccoc3)OC(C)(C3CCC(N(C)C)CC3)O4)C2=O)C(=O)C1. The lowest BCUT2D eigenvalue weighted by atomic mass is 9.81. The number of amides is 1. The van der Waals surface area contributed by atoms with Gasteiger partial charge in [0, 0.05) is 60.7 Å². The third-order valence-electron chi connectivity index (χ3n) is 9.54. The van der Waals surface area contributed by atoms with Crippen LogP contribution in [0.2, 0.25) is 0 Å². The van der Waals surface area contributed by atoms with Crippen LogP contribution >= 0.6 is 0 Å². The molecule has 2 aromatic rings. The number of Topliss-reactive ketones (excluding diaryl/α,β-unsaturated/α-hetero) is 1. The molecule has 7 nitrogen and oxygen atoms in total. The highest BCUT2D eigenvalue weighted by Crippen LogP contribution is 2.55. The zero-order valence-electron chi connectivity index (χ0n) is 24.6. The normalized spacial score (nSPS) is 26.5. The summed E-state index contributed by atoms with van der Waals surface area (Å²) in [5.41, 5.74) is 6.98. The Morgan fingerprint density at radius 2 is 1.75 bits per heavy atom. The van der Waals surface area contributed by atoms with Crippen LogP contribution in [0.15, 0.2) is 45.8 Å². The molecule has 1 unspecified atom stereocenters. The molecule has 40 heavy (non-hydrogen) atoms. The number of carbonyl (C=O) groups excluding carboxylic acids is 2. The molecule has 3 heterocycles. The van der Waals surface area contributed by atoms with Crippen molar-refractivity contribution in [3.8, 4) is 22.6 Å². The van der Waals surface area contributed by atoms with Gasteiger partial charge in [-0.15, -0.1) is 0 Å². The molecule has 1 aromatic carbocycles. The third kappa shape index (κ3) is 4.39. The lowest BCUT2D eigenvalue weighted by Gasteiger charge is -2.39. The van der Waals surface area contributed by atoms with Gasteiger partial charge in [0.25, 0.3) is 11.7 Å². The van der Waals surface area contributed by atoms with Crippen LogP contribution in [0.4, 0.5) is 0 Å². The number of furan rings is 1. The number of benzene rings is 1. The first-order chi connectivity index (χ1) is 19.1. The van der Waals surface area contributed by atoms with Gasteiger partial charge in [0.1, 0.15) is 0 Å². The fourth-order valence-corrected chi connectivity index (χ4v) is 7.22. The highest BCUT2D eigenvalue weighted by molar-refractivity contribution is 6.04. The molecule has 1 atom stereocenters. The van der Waals surface area contributed by atoms with Crippen molar-refractivity contribution in [1.82, 2.24) is 9.80 Å². The second-order valence-electron chi connectivity index (χ2n) is 12.4. The molecule has 0 bridgehead atoms. The molecule has 0 spiro atoms. The third-order valence-corrected chi connectivity index (χ3v) is 9.54. The summed E-state index contributed by atoms with van der Waals surface area (Å²) in [5, 5.41) is 0. The Labute approximate surface area is 236 Å². The van der Waals surface area contributed by atoms with Crippen LogP contribution in [0.25, 0.3) is 11.1 Å². The van der Waals surface area contributed by atoms with Crippen molar-refractivity contribution in [2.24, 2.45) is 5.92 Å². The number of carbonyl (C=O) groups is 2. The second-order valence-corrected chi connectivity index (χ2v) is 12.4. The van der Waals surface area contributed by atoms with E-state index in [9.17, 15) is 9.59 Å². The molecule has 4 aliphatic rings. The van der Waals surface area contributed by atoms with Crippen LogP contribution in [0.5, 0.6) is 11.5 Å². The van der Waals surface area contributed by atoms with Crippen LogP contribution in [0.3, 0.4) is 0 Å². The Hall–Kier alpha value is -3.32. The second kappa shape index (κ2) is 9.95. The number of ketones is 1. The van der Waals surface area contributed by atoms with Gasteiger partial charge in [-0.3, -0.25) is 9.59 Å². The molecule has 1 fully saturated rings. The number of rotatable bonds is 5. The molecular formula is C33H40N2O5. The van der Waals surface area contributed by atoms with Gasteiger partial charge in [0.05, 0.1) is 18.1 Å². The van der Waals surface area contributed by atoms with Gasteiger partial charge in [-0.2, -0.15) is 0 Å². The number of fused-ring (bicyclic) bond motifs is 2. The van der Waals surface area contributed by atoms with Gasteiger partial charge in [0.15, 0.2) is 17.3 Å². The van der Waals surface area contributed by atoms with E-state index in [1.165, 1.54) is 0 Å². The van der Waals surface area contributed by atoms with Crippen molar-refractivity contribution in [2.75, 3.05) is 27.2 Å². The summed E-state index contributed by atoms with van der Waals surface area (Å²) in [6, 6.07) is 2.50. The zero-order valence-corrected chi connectivity index (χ0v) is 24.6. The van der Waals surface area contributed by atoms with E-state index in [1.54, 1.807) is 12.5 Å². The molecule has 0 radical (unpaired) electrons. The highest BCUT2D eigenvalue weighted by atomic mass is 16.7. The largest absolute Gasteiger partial charge is 0.472 e. The van der Waals surface area contributed by atoms with Crippen molar-refractivity contribution in [3.63, 3.8) is 0 Å². The fraction of sp³-hybridized carbons (Fsp3) is 0.515. The van der Waals surface area contributed by atoms with Crippen LogP contribution < -0.4 is 9.47 Å². The molecule has 0 saturated heterocycles. The van der Waals surface area contributed by atoms with Crippen LogP contribution in [-0.2, 0) is 11.2 Å². The van der Waals surface area contributed by atoms with Gasteiger partial charge < -0.3 is 23.7 Å². The highest BCUT2D eigenvalue weighted by Gasteiger charge is 2.49. The lowest BCUT2D eigenvalue weighted by molar-refractivity contribution is -0.123. The maximum Gasteiger partial charge on any atom is 0.254 e. The molecule has 1 amide bonds. The standard InChI is InChI=1S/C33H40N2O5/c1-19-15-20(2)26(27(36)16-19)17-35-13-11-25-28(32(35)37)21(3)30-31(29(25)22-12-14-38-18-22)40-33(4,39-30)23-7-9-24(10-8-23)34(5)6/h12,14-15,18,23-24H,7-11,13,16-17H2,1-6H3.